The largest absolute Gasteiger partial charge is 0.480 e. The third kappa shape index (κ3) is 22.2. The molecular weight excluding hydrogens is 923 g/mol. The standard InChI is InChI=1S/C48H81N11O12/c1-10-27(7)37(51)46(68)59-39(28(8)11-2)47(69)56-32(21-25(3)4)42(64)53-31(19-15-16-20-49)41(63)52-29(9)40(62)54-34(23-36(50)61)44(66)55-33(22-30-17-13-12-14-18-30)43(65)57-35(24-60)45(67)58-38(26(5)6)48(70)71/h12-14,17-18,25-29,31-35,37-39,60H,10-11,15-16,19-24,49,51H2,1-9H3,(H2,50,61)(H,52,63)(H,53,64)(H,54,62)(H,55,66)(H,56,69)(H,57,65)(H,58,67)(H,59,68)(H,70,71)/t27-,28-,29-,31-,32-,33-,34-,35-,37-,38-,39-/m0/s1. The van der Waals surface area contributed by atoms with Gasteiger partial charge in [0.2, 0.25) is 53.2 Å². The summed E-state index contributed by atoms with van der Waals surface area (Å²) >= 11 is 0. The van der Waals surface area contributed by atoms with E-state index in [0.717, 1.165) is 0 Å². The number of hydrogen-bond donors (Lipinski definition) is 13. The molecule has 0 spiro atoms. The van der Waals surface area contributed by atoms with E-state index in [1.54, 1.807) is 51.1 Å². The molecule has 0 aliphatic heterocycles. The first-order chi connectivity index (χ1) is 33.3. The highest BCUT2D eigenvalue weighted by Gasteiger charge is 2.36. The van der Waals surface area contributed by atoms with Crippen molar-refractivity contribution in [2.24, 2.45) is 40.9 Å². The Balaban J connectivity index is 3.37. The maximum absolute atomic E-state index is 14.0. The average molecular weight is 1000 g/mol. The molecule has 0 aliphatic carbocycles. The van der Waals surface area contributed by atoms with Crippen LogP contribution < -0.4 is 59.7 Å². The molecule has 400 valence electrons. The van der Waals surface area contributed by atoms with Gasteiger partial charge in [-0.15, -0.1) is 0 Å². The van der Waals surface area contributed by atoms with E-state index in [0.29, 0.717) is 31.2 Å². The van der Waals surface area contributed by atoms with E-state index >= 15 is 0 Å². The number of carbonyl (C=O) groups excluding carboxylic acids is 9. The summed E-state index contributed by atoms with van der Waals surface area (Å²) in [6, 6.07) is -3.59. The number of hydrogen-bond acceptors (Lipinski definition) is 13. The highest BCUT2D eigenvalue weighted by Crippen LogP contribution is 2.14. The van der Waals surface area contributed by atoms with Crippen LogP contribution in [0.15, 0.2) is 30.3 Å². The van der Waals surface area contributed by atoms with Crippen LogP contribution in [0.4, 0.5) is 0 Å². The molecule has 1 rings (SSSR count). The van der Waals surface area contributed by atoms with E-state index in [1.807, 2.05) is 34.6 Å². The average Bonchev–Trinajstić information content (AvgIpc) is 3.31. The second kappa shape index (κ2) is 31.9. The van der Waals surface area contributed by atoms with Gasteiger partial charge >= 0.3 is 5.97 Å². The van der Waals surface area contributed by atoms with Gasteiger partial charge in [-0.25, -0.2) is 4.79 Å². The first kappa shape index (κ1) is 62.8. The number of nitrogens with two attached hydrogens (primary N) is 3. The Morgan fingerprint density at radius 2 is 1.06 bits per heavy atom. The topological polar surface area (TPSA) is 385 Å². The first-order valence-corrected chi connectivity index (χ1v) is 24.4. The zero-order valence-electron chi connectivity index (χ0n) is 42.7. The number of carboxylic acids is 1. The minimum atomic E-state index is -1.71. The van der Waals surface area contributed by atoms with Gasteiger partial charge in [0, 0.05) is 6.42 Å². The highest BCUT2D eigenvalue weighted by atomic mass is 16.4. The number of unbranched alkanes of at least 4 members (excludes halogenated alkanes) is 1. The van der Waals surface area contributed by atoms with Gasteiger partial charge < -0.3 is 69.9 Å². The number of carbonyl (C=O) groups is 10. The van der Waals surface area contributed by atoms with Crippen molar-refractivity contribution >= 4 is 59.1 Å². The zero-order valence-corrected chi connectivity index (χ0v) is 42.7. The number of aliphatic hydroxyl groups is 1. The molecule has 0 saturated heterocycles. The Bertz CT molecular complexity index is 1940. The molecule has 0 bridgehead atoms. The molecule has 9 amide bonds. The fraction of sp³-hybridized carbons (Fsp3) is 0.667. The van der Waals surface area contributed by atoms with Crippen molar-refractivity contribution in [1.82, 2.24) is 42.5 Å². The molecule has 0 unspecified atom stereocenters. The second-order valence-electron chi connectivity index (χ2n) is 18.8. The second-order valence-corrected chi connectivity index (χ2v) is 18.8. The number of benzene rings is 1. The van der Waals surface area contributed by atoms with Crippen molar-refractivity contribution in [2.75, 3.05) is 13.2 Å². The molecule has 23 nitrogen and oxygen atoms in total. The quantitative estimate of drug-likeness (QED) is 0.0351. The van der Waals surface area contributed by atoms with Crippen LogP contribution in [-0.4, -0.2) is 137 Å². The lowest BCUT2D eigenvalue weighted by Gasteiger charge is -2.29. The molecule has 71 heavy (non-hydrogen) atoms. The number of aliphatic hydroxyl groups excluding tert-OH is 1. The number of amides is 9. The van der Waals surface area contributed by atoms with Gasteiger partial charge in [-0.3, -0.25) is 43.2 Å². The fourth-order valence-corrected chi connectivity index (χ4v) is 7.11. The van der Waals surface area contributed by atoms with Crippen LogP contribution in [0.25, 0.3) is 0 Å². The van der Waals surface area contributed by atoms with E-state index in [4.69, 9.17) is 17.2 Å². The van der Waals surface area contributed by atoms with E-state index in [1.165, 1.54) is 6.92 Å². The summed E-state index contributed by atoms with van der Waals surface area (Å²) in [5.74, 6) is -10.2. The molecule has 0 aliphatic rings. The van der Waals surface area contributed by atoms with Gasteiger partial charge in [0.15, 0.2) is 0 Å². The smallest absolute Gasteiger partial charge is 0.326 e. The molecule has 0 radical (unpaired) electrons. The Hall–Kier alpha value is -6.20. The van der Waals surface area contributed by atoms with E-state index in [2.05, 4.69) is 42.5 Å². The number of primary amides is 1. The van der Waals surface area contributed by atoms with E-state index in [9.17, 15) is 58.2 Å². The molecule has 0 heterocycles. The molecule has 16 N–H and O–H groups in total. The van der Waals surface area contributed by atoms with Gasteiger partial charge in [0.1, 0.15) is 48.3 Å². The van der Waals surface area contributed by atoms with Crippen molar-refractivity contribution in [2.45, 2.75) is 168 Å². The third-order valence-electron chi connectivity index (χ3n) is 12.0. The Morgan fingerprint density at radius 3 is 1.58 bits per heavy atom. The van der Waals surface area contributed by atoms with Crippen molar-refractivity contribution in [1.29, 1.82) is 0 Å². The van der Waals surface area contributed by atoms with Gasteiger partial charge in [0.05, 0.1) is 19.1 Å². The van der Waals surface area contributed by atoms with Crippen LogP contribution in [0.3, 0.4) is 0 Å². The summed E-state index contributed by atoms with van der Waals surface area (Å²) in [6.45, 7) is 14.7. The van der Waals surface area contributed by atoms with E-state index in [-0.39, 0.29) is 43.6 Å². The minimum absolute atomic E-state index is 0.0682. The van der Waals surface area contributed by atoms with Crippen LogP contribution in [0.2, 0.25) is 0 Å². The molecule has 0 saturated carbocycles. The molecular formula is C48H81N11O12. The fourth-order valence-electron chi connectivity index (χ4n) is 7.11. The maximum atomic E-state index is 14.0. The molecule has 11 atom stereocenters. The minimum Gasteiger partial charge on any atom is -0.480 e. The number of carboxylic acid groups (broad SMARTS) is 1. The third-order valence-corrected chi connectivity index (χ3v) is 12.0. The summed E-state index contributed by atoms with van der Waals surface area (Å²) < 4.78 is 0. The Morgan fingerprint density at radius 1 is 0.563 bits per heavy atom. The van der Waals surface area contributed by atoms with Gasteiger partial charge in [-0.1, -0.05) is 98.6 Å². The Labute approximate surface area is 416 Å². The lowest BCUT2D eigenvalue weighted by atomic mass is 9.94. The summed E-state index contributed by atoms with van der Waals surface area (Å²) in [4.78, 5) is 133. The number of aliphatic carboxylic acids is 1. The molecule has 0 fully saturated rings. The molecule has 1 aromatic carbocycles. The van der Waals surface area contributed by atoms with Crippen molar-refractivity contribution < 1.29 is 58.2 Å². The van der Waals surface area contributed by atoms with Gasteiger partial charge in [-0.05, 0) is 68.4 Å². The van der Waals surface area contributed by atoms with Crippen LogP contribution in [0.1, 0.15) is 113 Å². The number of rotatable bonds is 33. The summed E-state index contributed by atoms with van der Waals surface area (Å²) in [5, 5.41) is 39.7. The summed E-state index contributed by atoms with van der Waals surface area (Å²) in [7, 11) is 0. The lowest BCUT2D eigenvalue weighted by Crippen LogP contribution is -2.61. The monoisotopic (exact) mass is 1000 g/mol. The van der Waals surface area contributed by atoms with Crippen molar-refractivity contribution in [3.05, 3.63) is 35.9 Å². The molecule has 1 aromatic rings. The number of nitrogens with one attached hydrogen (secondary N) is 8. The zero-order chi connectivity index (χ0) is 54.1. The molecule has 0 aromatic heterocycles. The van der Waals surface area contributed by atoms with Crippen LogP contribution in [0, 0.1) is 23.7 Å². The predicted molar refractivity (Wildman–Crippen MR) is 264 cm³/mol. The SMILES string of the molecule is CC[C@H](C)[C@H](N)C(=O)N[C@H](C(=O)N[C@@H](CC(C)C)C(=O)N[C@@H](CCCCN)C(=O)N[C@@H](C)C(=O)N[C@@H](CC(N)=O)C(=O)N[C@@H](Cc1ccccc1)C(=O)N[C@@H](CO)C(=O)N[C@H](C(=O)O)C(C)C)[C@@H](C)CC. The highest BCUT2D eigenvalue weighted by molar-refractivity contribution is 5.99. The van der Waals surface area contributed by atoms with Gasteiger partial charge in [0.25, 0.3) is 0 Å². The van der Waals surface area contributed by atoms with Crippen molar-refractivity contribution in [3.63, 3.8) is 0 Å². The van der Waals surface area contributed by atoms with Crippen LogP contribution in [0.5, 0.6) is 0 Å². The van der Waals surface area contributed by atoms with Crippen LogP contribution >= 0.6 is 0 Å². The Kier molecular flexibility index (Phi) is 28.2. The normalized spacial score (nSPS) is 15.9. The van der Waals surface area contributed by atoms with Crippen LogP contribution in [-0.2, 0) is 54.4 Å². The molecule has 23 heteroatoms. The van der Waals surface area contributed by atoms with E-state index < -0.39 is 132 Å². The van der Waals surface area contributed by atoms with Gasteiger partial charge in [-0.2, -0.15) is 0 Å². The lowest BCUT2D eigenvalue weighted by molar-refractivity contribution is -0.144. The summed E-state index contributed by atoms with van der Waals surface area (Å²) in [6.07, 6.45) is 1.26. The predicted octanol–water partition coefficient (Wildman–Crippen LogP) is -1.67. The summed E-state index contributed by atoms with van der Waals surface area (Å²) in [5.41, 5.74) is 17.9. The maximum Gasteiger partial charge on any atom is 0.326 e. The first-order valence-electron chi connectivity index (χ1n) is 24.4. The van der Waals surface area contributed by atoms with Crippen molar-refractivity contribution in [3.8, 4) is 0 Å².